The summed E-state index contributed by atoms with van der Waals surface area (Å²) < 4.78 is 16.9. The SMILES string of the molecule is Cc1nsc(NC(C)c2ccc(F)cc2)c1C(=O)O. The Bertz CT molecular complexity index is 595. The van der Waals surface area contributed by atoms with Crippen molar-refractivity contribution in [2.45, 2.75) is 19.9 Å². The predicted molar refractivity (Wildman–Crippen MR) is 72.2 cm³/mol. The van der Waals surface area contributed by atoms with Crippen LogP contribution in [-0.4, -0.2) is 15.4 Å². The standard InChI is InChI=1S/C13H13FN2O2S/c1-7(9-3-5-10(14)6-4-9)15-12-11(13(17)18)8(2)16-19-12/h3-7,15H,1-2H3,(H,17,18). The summed E-state index contributed by atoms with van der Waals surface area (Å²) in [6.07, 6.45) is 0. The number of rotatable bonds is 4. The van der Waals surface area contributed by atoms with Crippen LogP contribution < -0.4 is 5.32 Å². The zero-order valence-electron chi connectivity index (χ0n) is 10.5. The topological polar surface area (TPSA) is 62.2 Å². The lowest BCUT2D eigenvalue weighted by molar-refractivity contribution is 0.0697. The first kappa shape index (κ1) is 13.5. The molecular formula is C13H13FN2O2S. The summed E-state index contributed by atoms with van der Waals surface area (Å²) >= 11 is 1.11. The summed E-state index contributed by atoms with van der Waals surface area (Å²) in [5, 5.41) is 12.7. The van der Waals surface area contributed by atoms with Crippen LogP contribution in [0.5, 0.6) is 0 Å². The summed E-state index contributed by atoms with van der Waals surface area (Å²) in [5.41, 5.74) is 1.56. The van der Waals surface area contributed by atoms with Crippen molar-refractivity contribution in [3.05, 3.63) is 46.9 Å². The van der Waals surface area contributed by atoms with Gasteiger partial charge in [-0.1, -0.05) is 12.1 Å². The number of carboxylic acid groups (broad SMARTS) is 1. The highest BCUT2D eigenvalue weighted by atomic mass is 32.1. The summed E-state index contributed by atoms with van der Waals surface area (Å²) in [6.45, 7) is 3.54. The summed E-state index contributed by atoms with van der Waals surface area (Å²) in [7, 11) is 0. The van der Waals surface area contributed by atoms with E-state index >= 15 is 0 Å². The normalized spacial score (nSPS) is 12.2. The van der Waals surface area contributed by atoms with Crippen LogP contribution in [0.1, 0.15) is 34.6 Å². The monoisotopic (exact) mass is 280 g/mol. The molecule has 0 radical (unpaired) electrons. The van der Waals surface area contributed by atoms with E-state index in [1.54, 1.807) is 19.1 Å². The maximum Gasteiger partial charge on any atom is 0.340 e. The van der Waals surface area contributed by atoms with E-state index in [-0.39, 0.29) is 17.4 Å². The molecule has 0 bridgehead atoms. The average molecular weight is 280 g/mol. The molecule has 0 saturated carbocycles. The smallest absolute Gasteiger partial charge is 0.340 e. The van der Waals surface area contributed by atoms with Gasteiger partial charge in [0.2, 0.25) is 0 Å². The first-order valence-electron chi connectivity index (χ1n) is 5.70. The fraction of sp³-hybridized carbons (Fsp3) is 0.231. The number of benzene rings is 1. The third-order valence-corrected chi connectivity index (χ3v) is 3.66. The van der Waals surface area contributed by atoms with Crippen LogP contribution >= 0.6 is 11.5 Å². The molecule has 2 aromatic rings. The van der Waals surface area contributed by atoms with Gasteiger partial charge in [-0.15, -0.1) is 0 Å². The number of hydrogen-bond donors (Lipinski definition) is 2. The highest BCUT2D eigenvalue weighted by Crippen LogP contribution is 2.28. The van der Waals surface area contributed by atoms with Crippen molar-refractivity contribution in [3.63, 3.8) is 0 Å². The molecule has 0 aliphatic rings. The molecule has 19 heavy (non-hydrogen) atoms. The van der Waals surface area contributed by atoms with Crippen molar-refractivity contribution in [1.29, 1.82) is 0 Å². The molecule has 1 aromatic carbocycles. The highest BCUT2D eigenvalue weighted by molar-refractivity contribution is 7.10. The molecule has 0 aliphatic heterocycles. The Balaban J connectivity index is 2.21. The molecule has 0 aliphatic carbocycles. The van der Waals surface area contributed by atoms with Crippen LogP contribution in [0, 0.1) is 12.7 Å². The molecule has 2 rings (SSSR count). The van der Waals surface area contributed by atoms with Gasteiger partial charge >= 0.3 is 5.97 Å². The zero-order valence-corrected chi connectivity index (χ0v) is 11.3. The number of nitrogens with zero attached hydrogens (tertiary/aromatic N) is 1. The minimum atomic E-state index is -1.000. The van der Waals surface area contributed by atoms with Gasteiger partial charge in [-0.25, -0.2) is 9.18 Å². The van der Waals surface area contributed by atoms with Crippen LogP contribution in [0.2, 0.25) is 0 Å². The second kappa shape index (κ2) is 5.36. The van der Waals surface area contributed by atoms with Gasteiger partial charge < -0.3 is 10.4 Å². The first-order chi connectivity index (χ1) is 8.99. The van der Waals surface area contributed by atoms with Gasteiger partial charge in [0, 0.05) is 6.04 Å². The largest absolute Gasteiger partial charge is 0.478 e. The van der Waals surface area contributed by atoms with Crippen LogP contribution in [0.25, 0.3) is 0 Å². The molecule has 100 valence electrons. The average Bonchev–Trinajstić information content (AvgIpc) is 2.71. The Labute approximate surface area is 114 Å². The molecule has 2 N–H and O–H groups in total. The lowest BCUT2D eigenvalue weighted by Gasteiger charge is -2.14. The van der Waals surface area contributed by atoms with Crippen molar-refractivity contribution >= 4 is 22.5 Å². The third kappa shape index (κ3) is 2.90. The van der Waals surface area contributed by atoms with E-state index < -0.39 is 5.97 Å². The quantitative estimate of drug-likeness (QED) is 0.900. The van der Waals surface area contributed by atoms with Crippen molar-refractivity contribution in [1.82, 2.24) is 4.37 Å². The molecule has 1 unspecified atom stereocenters. The first-order valence-corrected chi connectivity index (χ1v) is 6.48. The van der Waals surface area contributed by atoms with E-state index in [2.05, 4.69) is 9.69 Å². The number of carbonyl (C=O) groups is 1. The fourth-order valence-electron chi connectivity index (χ4n) is 1.75. The number of anilines is 1. The van der Waals surface area contributed by atoms with Crippen molar-refractivity contribution in [3.8, 4) is 0 Å². The number of nitrogens with one attached hydrogen (secondary N) is 1. The van der Waals surface area contributed by atoms with Gasteiger partial charge in [0.05, 0.1) is 5.69 Å². The summed E-state index contributed by atoms with van der Waals surface area (Å²) in [6, 6.07) is 5.97. The van der Waals surface area contributed by atoms with E-state index in [1.807, 2.05) is 6.92 Å². The van der Waals surface area contributed by atoms with Gasteiger partial charge in [0.15, 0.2) is 0 Å². The van der Waals surface area contributed by atoms with Gasteiger partial charge in [-0.2, -0.15) is 4.37 Å². The summed E-state index contributed by atoms with van der Waals surface area (Å²) in [4.78, 5) is 11.1. The predicted octanol–water partition coefficient (Wildman–Crippen LogP) is 3.46. The Hall–Kier alpha value is -1.95. The Morgan fingerprint density at radius 1 is 1.42 bits per heavy atom. The van der Waals surface area contributed by atoms with E-state index in [4.69, 9.17) is 5.11 Å². The van der Waals surface area contributed by atoms with Crippen molar-refractivity contribution in [2.24, 2.45) is 0 Å². The van der Waals surface area contributed by atoms with Gasteiger partial charge in [-0.3, -0.25) is 0 Å². The maximum atomic E-state index is 12.8. The third-order valence-electron chi connectivity index (χ3n) is 2.79. The minimum absolute atomic E-state index is 0.126. The second-order valence-electron chi connectivity index (χ2n) is 4.19. The maximum absolute atomic E-state index is 12.8. The molecule has 1 aromatic heterocycles. The molecule has 4 nitrogen and oxygen atoms in total. The molecule has 0 amide bonds. The van der Waals surface area contributed by atoms with E-state index in [9.17, 15) is 9.18 Å². The molecule has 0 spiro atoms. The highest BCUT2D eigenvalue weighted by Gasteiger charge is 2.19. The Morgan fingerprint density at radius 2 is 2.05 bits per heavy atom. The van der Waals surface area contributed by atoms with Crippen molar-refractivity contribution in [2.75, 3.05) is 5.32 Å². The number of carboxylic acids is 1. The summed E-state index contributed by atoms with van der Waals surface area (Å²) in [5.74, 6) is -1.30. The zero-order chi connectivity index (χ0) is 14.0. The van der Waals surface area contributed by atoms with E-state index in [0.29, 0.717) is 10.7 Å². The van der Waals surface area contributed by atoms with E-state index in [1.165, 1.54) is 12.1 Å². The Kier molecular flexibility index (Phi) is 3.80. The molecule has 0 saturated heterocycles. The van der Waals surface area contributed by atoms with Gasteiger partial charge in [0.25, 0.3) is 0 Å². The van der Waals surface area contributed by atoms with Gasteiger partial charge in [-0.05, 0) is 43.1 Å². The minimum Gasteiger partial charge on any atom is -0.478 e. The van der Waals surface area contributed by atoms with Crippen LogP contribution in [0.4, 0.5) is 9.39 Å². The molecule has 0 fully saturated rings. The number of aromatic nitrogens is 1. The Morgan fingerprint density at radius 3 is 2.63 bits per heavy atom. The van der Waals surface area contributed by atoms with Crippen LogP contribution in [-0.2, 0) is 0 Å². The number of hydrogen-bond acceptors (Lipinski definition) is 4. The van der Waals surface area contributed by atoms with Gasteiger partial charge in [0.1, 0.15) is 16.4 Å². The second-order valence-corrected chi connectivity index (χ2v) is 4.97. The van der Waals surface area contributed by atoms with Crippen LogP contribution in [0.3, 0.4) is 0 Å². The molecule has 1 heterocycles. The lowest BCUT2D eigenvalue weighted by Crippen LogP contribution is -2.09. The van der Waals surface area contributed by atoms with E-state index in [0.717, 1.165) is 17.1 Å². The van der Waals surface area contributed by atoms with Crippen molar-refractivity contribution < 1.29 is 14.3 Å². The molecule has 1 atom stereocenters. The molecule has 6 heteroatoms. The number of aromatic carboxylic acids is 1. The van der Waals surface area contributed by atoms with Crippen LogP contribution in [0.15, 0.2) is 24.3 Å². The fourth-order valence-corrected chi connectivity index (χ4v) is 2.63. The number of halogens is 1. The number of aryl methyl sites for hydroxylation is 1. The molecular weight excluding hydrogens is 267 g/mol. The lowest BCUT2D eigenvalue weighted by atomic mass is 10.1.